The summed E-state index contributed by atoms with van der Waals surface area (Å²) < 4.78 is 0. The van der Waals surface area contributed by atoms with Crippen molar-refractivity contribution < 1.29 is 10.2 Å². The van der Waals surface area contributed by atoms with Crippen LogP contribution >= 0.6 is 0 Å². The zero-order chi connectivity index (χ0) is 17.5. The lowest BCUT2D eigenvalue weighted by atomic mass is 9.61. The number of hydrogen-bond acceptors (Lipinski definition) is 2. The van der Waals surface area contributed by atoms with Gasteiger partial charge in [-0.25, -0.2) is 0 Å². The molecule has 2 heteroatoms. The second-order valence-corrected chi connectivity index (χ2v) is 8.92. The van der Waals surface area contributed by atoms with E-state index in [1.165, 1.54) is 32.1 Å². The van der Waals surface area contributed by atoms with E-state index in [0.717, 1.165) is 23.3 Å². The Labute approximate surface area is 147 Å². The molecule has 3 rings (SSSR count). The lowest BCUT2D eigenvalue weighted by molar-refractivity contribution is 0.104. The van der Waals surface area contributed by atoms with Gasteiger partial charge in [-0.1, -0.05) is 50.6 Å². The number of allylic oxidation sites excluding steroid dienone is 3. The Hall–Kier alpha value is -0.860. The van der Waals surface area contributed by atoms with E-state index in [0.29, 0.717) is 23.8 Å². The molecule has 24 heavy (non-hydrogen) atoms. The molecule has 134 valence electrons. The number of aliphatic hydroxyl groups is 2. The molecule has 2 nitrogen and oxygen atoms in total. The average molecular weight is 331 g/mol. The van der Waals surface area contributed by atoms with Crippen LogP contribution < -0.4 is 0 Å². The lowest BCUT2D eigenvalue weighted by Crippen LogP contribution is -2.35. The van der Waals surface area contributed by atoms with E-state index in [9.17, 15) is 10.2 Å². The van der Waals surface area contributed by atoms with Crippen molar-refractivity contribution in [2.24, 2.45) is 23.2 Å². The summed E-state index contributed by atoms with van der Waals surface area (Å²) in [4.78, 5) is 0. The molecule has 0 amide bonds. The Morgan fingerprint density at radius 3 is 2.42 bits per heavy atom. The fourth-order valence-electron chi connectivity index (χ4n) is 5.80. The topological polar surface area (TPSA) is 40.5 Å². The van der Waals surface area contributed by atoms with Crippen LogP contribution in [-0.4, -0.2) is 22.4 Å². The lowest BCUT2D eigenvalue weighted by Gasteiger charge is -2.43. The molecule has 3 aliphatic rings. The largest absolute Gasteiger partial charge is 0.388 e. The van der Waals surface area contributed by atoms with Crippen molar-refractivity contribution >= 4 is 0 Å². The Morgan fingerprint density at radius 2 is 1.79 bits per heavy atom. The highest BCUT2D eigenvalue weighted by Gasteiger charge is 2.49. The van der Waals surface area contributed by atoms with Crippen LogP contribution in [-0.2, 0) is 0 Å². The summed E-state index contributed by atoms with van der Waals surface area (Å²) in [6.07, 6.45) is 11.1. The molecule has 3 saturated carbocycles. The first kappa shape index (κ1) is 17.9. The van der Waals surface area contributed by atoms with Crippen molar-refractivity contribution in [2.45, 2.75) is 77.9 Å². The fourth-order valence-corrected chi connectivity index (χ4v) is 5.80. The summed E-state index contributed by atoms with van der Waals surface area (Å²) in [6, 6.07) is 0. The smallest absolute Gasteiger partial charge is 0.0809 e. The SMILES string of the molecule is C=C1C(O)CC(=C/C=C2\CCCC3(C)C(C(C)C)CC[C@@H]23)C[C@H]1O. The number of hydrogen-bond donors (Lipinski definition) is 2. The van der Waals surface area contributed by atoms with E-state index >= 15 is 0 Å². The van der Waals surface area contributed by atoms with Crippen molar-refractivity contribution in [2.75, 3.05) is 0 Å². The molecule has 0 aromatic rings. The van der Waals surface area contributed by atoms with Gasteiger partial charge < -0.3 is 10.2 Å². The van der Waals surface area contributed by atoms with Crippen LogP contribution in [0.2, 0.25) is 0 Å². The number of aliphatic hydroxyl groups excluding tert-OH is 2. The van der Waals surface area contributed by atoms with Gasteiger partial charge in [-0.3, -0.25) is 0 Å². The Balaban J connectivity index is 1.78. The summed E-state index contributed by atoms with van der Waals surface area (Å²) in [5.41, 5.74) is 3.80. The summed E-state index contributed by atoms with van der Waals surface area (Å²) in [5, 5.41) is 20.0. The summed E-state index contributed by atoms with van der Waals surface area (Å²) in [6.45, 7) is 11.1. The molecule has 3 unspecified atom stereocenters. The van der Waals surface area contributed by atoms with Crippen molar-refractivity contribution in [1.29, 1.82) is 0 Å². The molecule has 3 aliphatic carbocycles. The second-order valence-electron chi connectivity index (χ2n) is 8.92. The average Bonchev–Trinajstić information content (AvgIpc) is 2.88. The van der Waals surface area contributed by atoms with Gasteiger partial charge in [0.15, 0.2) is 0 Å². The third-order valence-electron chi connectivity index (χ3n) is 7.14. The summed E-state index contributed by atoms with van der Waals surface area (Å²) >= 11 is 0. The monoisotopic (exact) mass is 330 g/mol. The van der Waals surface area contributed by atoms with Crippen LogP contribution in [0.4, 0.5) is 0 Å². The van der Waals surface area contributed by atoms with Gasteiger partial charge in [-0.05, 0) is 73.7 Å². The molecule has 3 fully saturated rings. The predicted octanol–water partition coefficient (Wildman–Crippen LogP) is 4.78. The molecular formula is C22H34O2. The highest BCUT2D eigenvalue weighted by atomic mass is 16.3. The van der Waals surface area contributed by atoms with Gasteiger partial charge in [-0.15, -0.1) is 0 Å². The second kappa shape index (κ2) is 6.80. The molecule has 0 radical (unpaired) electrons. The van der Waals surface area contributed by atoms with Crippen LogP contribution in [0.3, 0.4) is 0 Å². The first-order chi connectivity index (χ1) is 11.3. The zero-order valence-corrected chi connectivity index (χ0v) is 15.6. The number of fused-ring (bicyclic) bond motifs is 1. The maximum atomic E-state index is 10.0. The molecule has 5 atom stereocenters. The van der Waals surface area contributed by atoms with E-state index in [4.69, 9.17) is 0 Å². The van der Waals surface area contributed by atoms with E-state index in [2.05, 4.69) is 39.5 Å². The van der Waals surface area contributed by atoms with Crippen molar-refractivity contribution in [3.8, 4) is 0 Å². The fraction of sp³-hybridized carbons (Fsp3) is 0.727. The molecule has 0 aromatic heterocycles. The molecule has 0 aromatic carbocycles. The summed E-state index contributed by atoms with van der Waals surface area (Å²) in [7, 11) is 0. The van der Waals surface area contributed by atoms with Crippen LogP contribution in [0, 0.1) is 23.2 Å². The molecule has 0 heterocycles. The van der Waals surface area contributed by atoms with Crippen LogP contribution in [0.5, 0.6) is 0 Å². The minimum Gasteiger partial charge on any atom is -0.388 e. The quantitative estimate of drug-likeness (QED) is 0.715. The van der Waals surface area contributed by atoms with Gasteiger partial charge in [-0.2, -0.15) is 0 Å². The minimum atomic E-state index is -0.591. The molecule has 0 saturated heterocycles. The first-order valence-electron chi connectivity index (χ1n) is 9.76. The maximum absolute atomic E-state index is 10.0. The van der Waals surface area contributed by atoms with Gasteiger partial charge >= 0.3 is 0 Å². The molecule has 0 aliphatic heterocycles. The van der Waals surface area contributed by atoms with E-state index in [1.807, 2.05) is 0 Å². The predicted molar refractivity (Wildman–Crippen MR) is 99.6 cm³/mol. The van der Waals surface area contributed by atoms with Gasteiger partial charge in [0.05, 0.1) is 12.2 Å². The van der Waals surface area contributed by atoms with Crippen LogP contribution in [0.25, 0.3) is 0 Å². The summed E-state index contributed by atoms with van der Waals surface area (Å²) in [5.74, 6) is 2.34. The van der Waals surface area contributed by atoms with Gasteiger partial charge in [0.25, 0.3) is 0 Å². The zero-order valence-electron chi connectivity index (χ0n) is 15.6. The van der Waals surface area contributed by atoms with Gasteiger partial charge in [0.2, 0.25) is 0 Å². The molecule has 0 spiro atoms. The maximum Gasteiger partial charge on any atom is 0.0809 e. The first-order valence-corrected chi connectivity index (χ1v) is 9.76. The third-order valence-corrected chi connectivity index (χ3v) is 7.14. The molecular weight excluding hydrogens is 296 g/mol. The van der Waals surface area contributed by atoms with Crippen molar-refractivity contribution in [1.82, 2.24) is 0 Å². The van der Waals surface area contributed by atoms with Gasteiger partial charge in [0, 0.05) is 0 Å². The number of rotatable bonds is 2. The van der Waals surface area contributed by atoms with Crippen molar-refractivity contribution in [3.63, 3.8) is 0 Å². The Kier molecular flexibility index (Phi) is 5.09. The minimum absolute atomic E-state index is 0.469. The Bertz CT molecular complexity index is 540. The highest BCUT2D eigenvalue weighted by Crippen LogP contribution is 2.59. The normalized spacial score (nSPS) is 43.7. The Morgan fingerprint density at radius 1 is 1.12 bits per heavy atom. The standard InChI is InChI=1S/C22H34O2/c1-14(2)18-9-10-19-17(6-5-11-22(18,19)4)8-7-16-12-20(23)15(3)21(24)13-16/h7-8,14,18-21,23-24H,3,5-6,9-13H2,1-2,4H3/b16-7?,17-8+/t18?,19-,20+,21?,22?/m0/s1. The molecule has 0 bridgehead atoms. The van der Waals surface area contributed by atoms with E-state index in [1.54, 1.807) is 5.57 Å². The van der Waals surface area contributed by atoms with E-state index in [-0.39, 0.29) is 0 Å². The third kappa shape index (κ3) is 3.15. The van der Waals surface area contributed by atoms with Gasteiger partial charge in [0.1, 0.15) is 0 Å². The van der Waals surface area contributed by atoms with E-state index < -0.39 is 12.2 Å². The van der Waals surface area contributed by atoms with Crippen LogP contribution in [0.15, 0.2) is 35.5 Å². The highest BCUT2D eigenvalue weighted by molar-refractivity contribution is 5.29. The molecule has 2 N–H and O–H groups in total. The van der Waals surface area contributed by atoms with Crippen molar-refractivity contribution in [3.05, 3.63) is 35.5 Å². The van der Waals surface area contributed by atoms with Crippen LogP contribution in [0.1, 0.15) is 65.7 Å².